The SMILES string of the molecule is CC1(O)CCN(C(=O)CC2=CCCCC2)CC1. The number of aliphatic hydroxyl groups is 1. The van der Waals surface area contributed by atoms with Gasteiger partial charge < -0.3 is 10.0 Å². The van der Waals surface area contributed by atoms with Gasteiger partial charge in [0, 0.05) is 19.5 Å². The first-order valence-corrected chi connectivity index (χ1v) is 6.75. The molecule has 0 aromatic rings. The third-order valence-electron chi connectivity index (χ3n) is 3.96. The number of carbonyl (C=O) groups is 1. The van der Waals surface area contributed by atoms with Crippen LogP contribution in [0.25, 0.3) is 0 Å². The fraction of sp³-hybridized carbons (Fsp3) is 0.786. The number of likely N-dealkylation sites (tertiary alicyclic amines) is 1. The van der Waals surface area contributed by atoms with E-state index in [1.54, 1.807) is 0 Å². The Balaban J connectivity index is 1.82. The first-order chi connectivity index (χ1) is 8.07. The van der Waals surface area contributed by atoms with Crippen LogP contribution >= 0.6 is 0 Å². The monoisotopic (exact) mass is 237 g/mol. The molecule has 17 heavy (non-hydrogen) atoms. The molecule has 0 unspecified atom stereocenters. The lowest BCUT2D eigenvalue weighted by atomic mass is 9.92. The summed E-state index contributed by atoms with van der Waals surface area (Å²) in [6, 6.07) is 0. The predicted octanol–water partition coefficient (Wildman–Crippen LogP) is 2.25. The van der Waals surface area contributed by atoms with Gasteiger partial charge in [-0.1, -0.05) is 11.6 Å². The van der Waals surface area contributed by atoms with Crippen molar-refractivity contribution in [2.75, 3.05) is 13.1 Å². The molecule has 1 aliphatic heterocycles. The smallest absolute Gasteiger partial charge is 0.226 e. The quantitative estimate of drug-likeness (QED) is 0.748. The molecule has 3 nitrogen and oxygen atoms in total. The van der Waals surface area contributed by atoms with Gasteiger partial charge in [0.1, 0.15) is 0 Å². The van der Waals surface area contributed by atoms with Crippen molar-refractivity contribution >= 4 is 5.91 Å². The third-order valence-corrected chi connectivity index (χ3v) is 3.96. The molecule has 1 saturated heterocycles. The summed E-state index contributed by atoms with van der Waals surface area (Å²) in [4.78, 5) is 14.0. The van der Waals surface area contributed by atoms with Crippen LogP contribution in [0, 0.1) is 0 Å². The zero-order valence-corrected chi connectivity index (χ0v) is 10.7. The highest BCUT2D eigenvalue weighted by atomic mass is 16.3. The van der Waals surface area contributed by atoms with Gasteiger partial charge >= 0.3 is 0 Å². The number of carbonyl (C=O) groups excluding carboxylic acids is 1. The van der Waals surface area contributed by atoms with Crippen LogP contribution in [0.2, 0.25) is 0 Å². The van der Waals surface area contributed by atoms with Crippen LogP contribution in [0.3, 0.4) is 0 Å². The maximum Gasteiger partial charge on any atom is 0.226 e. The minimum absolute atomic E-state index is 0.244. The Morgan fingerprint density at radius 3 is 2.71 bits per heavy atom. The van der Waals surface area contributed by atoms with Gasteiger partial charge in [0.15, 0.2) is 0 Å². The number of allylic oxidation sites excluding steroid dienone is 1. The van der Waals surface area contributed by atoms with Crippen LogP contribution in [0.5, 0.6) is 0 Å². The summed E-state index contributed by atoms with van der Waals surface area (Å²) in [6.07, 6.45) is 8.98. The first-order valence-electron chi connectivity index (χ1n) is 6.75. The van der Waals surface area contributed by atoms with Gasteiger partial charge in [-0.05, 0) is 45.4 Å². The maximum absolute atomic E-state index is 12.1. The van der Waals surface area contributed by atoms with E-state index in [1.165, 1.54) is 18.4 Å². The highest BCUT2D eigenvalue weighted by Crippen LogP contribution is 2.24. The lowest BCUT2D eigenvalue weighted by Crippen LogP contribution is -2.45. The molecule has 0 spiro atoms. The molecule has 1 aliphatic carbocycles. The molecule has 0 aromatic heterocycles. The number of rotatable bonds is 2. The van der Waals surface area contributed by atoms with Gasteiger partial charge in [0.2, 0.25) is 5.91 Å². The van der Waals surface area contributed by atoms with Crippen molar-refractivity contribution in [1.29, 1.82) is 0 Å². The lowest BCUT2D eigenvalue weighted by molar-refractivity contribution is -0.134. The van der Waals surface area contributed by atoms with E-state index in [0.717, 1.165) is 12.8 Å². The molecular formula is C14H23NO2. The summed E-state index contributed by atoms with van der Waals surface area (Å²) in [5.74, 6) is 0.244. The second-order valence-electron chi connectivity index (χ2n) is 5.66. The van der Waals surface area contributed by atoms with Crippen molar-refractivity contribution in [2.45, 2.75) is 57.5 Å². The number of nitrogens with zero attached hydrogens (tertiary/aromatic N) is 1. The number of piperidine rings is 1. The summed E-state index contributed by atoms with van der Waals surface area (Å²) >= 11 is 0. The van der Waals surface area contributed by atoms with Gasteiger partial charge in [0.25, 0.3) is 0 Å². The number of amides is 1. The maximum atomic E-state index is 12.1. The van der Waals surface area contributed by atoms with Crippen LogP contribution < -0.4 is 0 Å². The zero-order chi connectivity index (χ0) is 12.3. The second-order valence-corrected chi connectivity index (χ2v) is 5.66. The molecule has 96 valence electrons. The summed E-state index contributed by atoms with van der Waals surface area (Å²) in [6.45, 7) is 3.27. The van der Waals surface area contributed by atoms with E-state index >= 15 is 0 Å². The van der Waals surface area contributed by atoms with Crippen LogP contribution in [0.1, 0.15) is 51.9 Å². The molecule has 2 rings (SSSR count). The average molecular weight is 237 g/mol. The Morgan fingerprint density at radius 2 is 2.12 bits per heavy atom. The topological polar surface area (TPSA) is 40.5 Å². The zero-order valence-electron chi connectivity index (χ0n) is 10.7. The van der Waals surface area contributed by atoms with Gasteiger partial charge in [0.05, 0.1) is 5.60 Å². The summed E-state index contributed by atoms with van der Waals surface area (Å²) < 4.78 is 0. The van der Waals surface area contributed by atoms with Crippen LogP contribution in [0.4, 0.5) is 0 Å². The molecule has 2 aliphatic rings. The van der Waals surface area contributed by atoms with Gasteiger partial charge in [-0.3, -0.25) is 4.79 Å². The van der Waals surface area contributed by atoms with Gasteiger partial charge in [-0.15, -0.1) is 0 Å². The Morgan fingerprint density at radius 1 is 1.41 bits per heavy atom. The molecule has 1 fully saturated rings. The minimum atomic E-state index is -0.569. The highest BCUT2D eigenvalue weighted by molar-refractivity contribution is 5.78. The van der Waals surface area contributed by atoms with E-state index in [-0.39, 0.29) is 5.91 Å². The molecule has 0 saturated carbocycles. The number of hydrogen-bond donors (Lipinski definition) is 1. The number of hydrogen-bond acceptors (Lipinski definition) is 2. The van der Waals surface area contributed by atoms with E-state index in [9.17, 15) is 9.90 Å². The lowest BCUT2D eigenvalue weighted by Gasteiger charge is -2.36. The second kappa shape index (κ2) is 5.21. The molecule has 1 heterocycles. The normalized spacial score (nSPS) is 24.4. The Hall–Kier alpha value is -0.830. The van der Waals surface area contributed by atoms with Crippen molar-refractivity contribution in [1.82, 2.24) is 4.90 Å². The Kier molecular flexibility index (Phi) is 3.87. The fourth-order valence-corrected chi connectivity index (χ4v) is 2.61. The first kappa shape index (κ1) is 12.6. The van der Waals surface area contributed by atoms with Crippen molar-refractivity contribution < 1.29 is 9.90 Å². The van der Waals surface area contributed by atoms with Crippen molar-refractivity contribution in [3.05, 3.63) is 11.6 Å². The highest BCUT2D eigenvalue weighted by Gasteiger charge is 2.29. The molecule has 1 amide bonds. The van der Waals surface area contributed by atoms with E-state index in [4.69, 9.17) is 0 Å². The molecule has 0 aromatic carbocycles. The minimum Gasteiger partial charge on any atom is -0.390 e. The largest absolute Gasteiger partial charge is 0.390 e. The third kappa shape index (κ3) is 3.56. The molecule has 0 atom stereocenters. The molecule has 1 N–H and O–H groups in total. The van der Waals surface area contributed by atoms with Gasteiger partial charge in [-0.25, -0.2) is 0 Å². The van der Waals surface area contributed by atoms with E-state index in [0.29, 0.717) is 32.4 Å². The fourth-order valence-electron chi connectivity index (χ4n) is 2.61. The van der Waals surface area contributed by atoms with Crippen LogP contribution in [-0.4, -0.2) is 34.6 Å². The molecule has 0 radical (unpaired) electrons. The van der Waals surface area contributed by atoms with Crippen molar-refractivity contribution in [2.24, 2.45) is 0 Å². The standard InChI is InChI=1S/C14H23NO2/c1-14(17)7-9-15(10-8-14)13(16)11-12-5-3-2-4-6-12/h5,17H,2-4,6-11H2,1H3. The average Bonchev–Trinajstić information content (AvgIpc) is 2.30. The van der Waals surface area contributed by atoms with Crippen LogP contribution in [-0.2, 0) is 4.79 Å². The summed E-state index contributed by atoms with van der Waals surface area (Å²) in [5.41, 5.74) is 0.750. The summed E-state index contributed by atoms with van der Waals surface area (Å²) in [7, 11) is 0. The van der Waals surface area contributed by atoms with E-state index in [1.807, 2.05) is 11.8 Å². The predicted molar refractivity (Wildman–Crippen MR) is 67.6 cm³/mol. The summed E-state index contributed by atoms with van der Waals surface area (Å²) in [5, 5.41) is 9.85. The Labute approximate surface area is 103 Å². The van der Waals surface area contributed by atoms with Crippen LogP contribution in [0.15, 0.2) is 11.6 Å². The molecule has 0 bridgehead atoms. The molecule has 3 heteroatoms. The van der Waals surface area contributed by atoms with Crippen molar-refractivity contribution in [3.8, 4) is 0 Å². The van der Waals surface area contributed by atoms with E-state index < -0.39 is 5.60 Å². The molecular weight excluding hydrogens is 214 g/mol. The Bertz CT molecular complexity index is 310. The van der Waals surface area contributed by atoms with Gasteiger partial charge in [-0.2, -0.15) is 0 Å². The van der Waals surface area contributed by atoms with E-state index in [2.05, 4.69) is 6.08 Å². The van der Waals surface area contributed by atoms with Crippen molar-refractivity contribution in [3.63, 3.8) is 0 Å².